The van der Waals surface area contributed by atoms with Crippen molar-refractivity contribution in [3.05, 3.63) is 77.7 Å². The van der Waals surface area contributed by atoms with Crippen molar-refractivity contribution in [1.29, 1.82) is 0 Å². The van der Waals surface area contributed by atoms with E-state index >= 15 is 0 Å². The van der Waals surface area contributed by atoms with Crippen LogP contribution >= 0.6 is 0 Å². The van der Waals surface area contributed by atoms with Gasteiger partial charge in [0, 0.05) is 23.3 Å². The van der Waals surface area contributed by atoms with Crippen LogP contribution in [-0.2, 0) is 6.18 Å². The quantitative estimate of drug-likeness (QED) is 0.189. The maximum atomic E-state index is 12.9. The zero-order valence-electron chi connectivity index (χ0n) is 20.1. The fourth-order valence-corrected chi connectivity index (χ4v) is 3.42. The largest absolute Gasteiger partial charge is 0.416 e. The third kappa shape index (κ3) is 6.47. The van der Waals surface area contributed by atoms with Crippen LogP contribution in [-0.4, -0.2) is 27.7 Å². The van der Waals surface area contributed by atoms with Gasteiger partial charge in [0.25, 0.3) is 0 Å². The lowest BCUT2D eigenvalue weighted by Crippen LogP contribution is -2.08. The predicted molar refractivity (Wildman–Crippen MR) is 138 cm³/mol. The lowest BCUT2D eigenvalue weighted by atomic mass is 10.1. The average molecular weight is 494 g/mol. The number of nitrogens with one attached hydrogen (secondary N) is 3. The molecule has 2 aromatic carbocycles. The first-order valence-electron chi connectivity index (χ1n) is 11.4. The SMILES string of the molecule is Cc1nc(N/N=C/c2ccc(Nc3cccc(C(F)(F)F)c3)cn2)nc2cc(NCC(C)C)ccc12. The van der Waals surface area contributed by atoms with Crippen LogP contribution < -0.4 is 16.1 Å². The predicted octanol–water partition coefficient (Wildman–Crippen LogP) is 6.61. The Balaban J connectivity index is 1.41. The third-order valence-electron chi connectivity index (χ3n) is 5.23. The Labute approximate surface area is 206 Å². The number of halogens is 3. The highest BCUT2D eigenvalue weighted by atomic mass is 19.4. The van der Waals surface area contributed by atoms with E-state index in [0.717, 1.165) is 41.0 Å². The molecule has 10 heteroatoms. The number of anilines is 4. The van der Waals surface area contributed by atoms with E-state index in [4.69, 9.17) is 0 Å². The maximum Gasteiger partial charge on any atom is 0.416 e. The molecule has 4 rings (SSSR count). The molecule has 0 spiro atoms. The van der Waals surface area contributed by atoms with Crippen LogP contribution in [0.1, 0.15) is 30.8 Å². The van der Waals surface area contributed by atoms with Gasteiger partial charge in [-0.15, -0.1) is 0 Å². The van der Waals surface area contributed by atoms with Crippen molar-refractivity contribution in [3.8, 4) is 0 Å². The summed E-state index contributed by atoms with van der Waals surface area (Å²) in [5.74, 6) is 0.888. The molecule has 4 aromatic rings. The first kappa shape index (κ1) is 24.9. The first-order chi connectivity index (χ1) is 17.2. The monoisotopic (exact) mass is 493 g/mol. The second-order valence-electron chi connectivity index (χ2n) is 8.68. The highest BCUT2D eigenvalue weighted by Gasteiger charge is 2.30. The van der Waals surface area contributed by atoms with Gasteiger partial charge in [-0.05, 0) is 61.4 Å². The van der Waals surface area contributed by atoms with Gasteiger partial charge < -0.3 is 10.6 Å². The van der Waals surface area contributed by atoms with Crippen molar-refractivity contribution in [2.24, 2.45) is 11.0 Å². The molecule has 0 aliphatic carbocycles. The van der Waals surface area contributed by atoms with Crippen LogP contribution in [0.3, 0.4) is 0 Å². The lowest BCUT2D eigenvalue weighted by molar-refractivity contribution is -0.137. The number of aryl methyl sites for hydroxylation is 1. The van der Waals surface area contributed by atoms with E-state index in [2.05, 4.69) is 50.0 Å². The van der Waals surface area contributed by atoms with Crippen molar-refractivity contribution in [1.82, 2.24) is 15.0 Å². The molecule has 7 nitrogen and oxygen atoms in total. The minimum Gasteiger partial charge on any atom is -0.385 e. The Bertz CT molecular complexity index is 1370. The molecule has 0 bridgehead atoms. The Morgan fingerprint density at radius 3 is 2.50 bits per heavy atom. The third-order valence-corrected chi connectivity index (χ3v) is 5.23. The Morgan fingerprint density at radius 1 is 0.972 bits per heavy atom. The number of hydrogen-bond donors (Lipinski definition) is 3. The summed E-state index contributed by atoms with van der Waals surface area (Å²) >= 11 is 0. The molecular weight excluding hydrogens is 467 g/mol. The lowest BCUT2D eigenvalue weighted by Gasteiger charge is -2.11. The van der Waals surface area contributed by atoms with Gasteiger partial charge in [0.1, 0.15) is 0 Å². The molecule has 36 heavy (non-hydrogen) atoms. The number of aromatic nitrogens is 3. The van der Waals surface area contributed by atoms with Gasteiger partial charge in [-0.25, -0.2) is 15.4 Å². The number of fused-ring (bicyclic) bond motifs is 1. The Kier molecular flexibility index (Phi) is 7.33. The number of hydrazone groups is 1. The smallest absolute Gasteiger partial charge is 0.385 e. The summed E-state index contributed by atoms with van der Waals surface area (Å²) in [6, 6.07) is 14.4. The van der Waals surface area contributed by atoms with Crippen LogP contribution in [0.4, 0.5) is 36.2 Å². The highest BCUT2D eigenvalue weighted by Crippen LogP contribution is 2.31. The molecular formula is C26H26F3N7. The zero-order chi connectivity index (χ0) is 25.7. The van der Waals surface area contributed by atoms with E-state index in [1.807, 2.05) is 25.1 Å². The van der Waals surface area contributed by atoms with Crippen LogP contribution in [0.2, 0.25) is 0 Å². The fraction of sp³-hybridized carbons (Fsp3) is 0.231. The minimum absolute atomic E-state index is 0.320. The van der Waals surface area contributed by atoms with Crippen molar-refractivity contribution in [2.75, 3.05) is 22.6 Å². The molecule has 0 radical (unpaired) electrons. The number of nitrogens with zero attached hydrogens (tertiary/aromatic N) is 4. The first-order valence-corrected chi connectivity index (χ1v) is 11.4. The van der Waals surface area contributed by atoms with E-state index in [-0.39, 0.29) is 0 Å². The zero-order valence-corrected chi connectivity index (χ0v) is 20.1. The number of alkyl halides is 3. The molecule has 0 saturated carbocycles. The topological polar surface area (TPSA) is 87.1 Å². The van der Waals surface area contributed by atoms with Gasteiger partial charge in [0.15, 0.2) is 0 Å². The van der Waals surface area contributed by atoms with E-state index in [9.17, 15) is 13.2 Å². The van der Waals surface area contributed by atoms with Crippen LogP contribution in [0.15, 0.2) is 65.9 Å². The van der Waals surface area contributed by atoms with Crippen LogP contribution in [0.25, 0.3) is 10.9 Å². The summed E-state index contributed by atoms with van der Waals surface area (Å²) < 4.78 is 38.7. The van der Waals surface area contributed by atoms with Gasteiger partial charge in [0.2, 0.25) is 5.95 Å². The number of hydrogen-bond acceptors (Lipinski definition) is 7. The normalized spacial score (nSPS) is 11.9. The summed E-state index contributed by atoms with van der Waals surface area (Å²) in [7, 11) is 0. The fourth-order valence-electron chi connectivity index (χ4n) is 3.42. The van der Waals surface area contributed by atoms with Crippen LogP contribution in [0.5, 0.6) is 0 Å². The van der Waals surface area contributed by atoms with Crippen molar-refractivity contribution in [2.45, 2.75) is 26.9 Å². The van der Waals surface area contributed by atoms with Gasteiger partial charge >= 0.3 is 6.18 Å². The van der Waals surface area contributed by atoms with E-state index in [0.29, 0.717) is 28.9 Å². The molecule has 0 atom stereocenters. The molecule has 0 fully saturated rings. The van der Waals surface area contributed by atoms with E-state index < -0.39 is 11.7 Å². The molecule has 2 heterocycles. The van der Waals surface area contributed by atoms with Crippen molar-refractivity contribution < 1.29 is 13.2 Å². The van der Waals surface area contributed by atoms with Crippen molar-refractivity contribution >= 4 is 40.1 Å². The number of pyridine rings is 1. The maximum absolute atomic E-state index is 12.9. The Hall–Kier alpha value is -4.21. The molecule has 0 saturated heterocycles. The number of rotatable bonds is 8. The van der Waals surface area contributed by atoms with Gasteiger partial charge in [-0.3, -0.25) is 4.98 Å². The second-order valence-corrected chi connectivity index (χ2v) is 8.68. The molecule has 0 aliphatic rings. The number of benzene rings is 2. The summed E-state index contributed by atoms with van der Waals surface area (Å²) in [5, 5.41) is 11.4. The van der Waals surface area contributed by atoms with Crippen LogP contribution in [0, 0.1) is 12.8 Å². The summed E-state index contributed by atoms with van der Waals surface area (Å²) in [5.41, 5.74) is 6.16. The summed E-state index contributed by atoms with van der Waals surface area (Å²) in [6.07, 6.45) is -1.37. The van der Waals surface area contributed by atoms with Crippen molar-refractivity contribution in [3.63, 3.8) is 0 Å². The van der Waals surface area contributed by atoms with E-state index in [1.54, 1.807) is 18.2 Å². The molecule has 0 unspecified atom stereocenters. The molecule has 0 amide bonds. The van der Waals surface area contributed by atoms with E-state index in [1.165, 1.54) is 18.5 Å². The molecule has 3 N–H and O–H groups in total. The summed E-state index contributed by atoms with van der Waals surface area (Å²) in [4.78, 5) is 13.3. The minimum atomic E-state index is -4.40. The highest BCUT2D eigenvalue weighted by molar-refractivity contribution is 5.85. The second kappa shape index (κ2) is 10.6. The average Bonchev–Trinajstić information content (AvgIpc) is 2.83. The standard InChI is InChI=1S/C26H26F3N7/c1-16(2)13-30-19-9-10-23-17(3)33-25(35-24(23)12-19)36-32-15-21-7-8-22(14-31-21)34-20-6-4-5-18(11-20)26(27,28)29/h4-12,14-16,30,34H,13H2,1-3H3,(H,33,35,36)/b32-15+. The summed E-state index contributed by atoms with van der Waals surface area (Å²) in [6.45, 7) is 7.08. The van der Waals surface area contributed by atoms with Gasteiger partial charge in [-0.2, -0.15) is 18.3 Å². The van der Waals surface area contributed by atoms with Gasteiger partial charge in [-0.1, -0.05) is 19.9 Å². The molecule has 2 aromatic heterocycles. The Morgan fingerprint density at radius 2 is 1.78 bits per heavy atom. The molecule has 186 valence electrons. The van der Waals surface area contributed by atoms with Gasteiger partial charge in [0.05, 0.1) is 40.6 Å². The molecule has 0 aliphatic heterocycles.